The summed E-state index contributed by atoms with van der Waals surface area (Å²) in [5.74, 6) is 1.87. The van der Waals surface area contributed by atoms with Gasteiger partial charge in [-0.2, -0.15) is 5.26 Å². The lowest BCUT2D eigenvalue weighted by Gasteiger charge is -2.21. The Hall–Kier alpha value is -6.53. The summed E-state index contributed by atoms with van der Waals surface area (Å²) in [7, 11) is -0.880. The number of hydrogen-bond acceptors (Lipinski definition) is 4. The zero-order valence-electron chi connectivity index (χ0n) is 27.6. The van der Waals surface area contributed by atoms with Crippen molar-refractivity contribution in [2.24, 2.45) is 0 Å². The standard InChI is InChI=1S/C46H31N4P/c47-32-33-15-13-20-36(27-33)39-29-40(31-43(30-39)51(41-23-9-3-10-24-41)42-25-11-4-12-26-42)37-21-14-22-38(28-37)46-49-44(34-16-5-1-6-17-34)48-45(50-46)35-18-7-2-8-19-35/h1-31H. The molecule has 0 atom stereocenters. The topological polar surface area (TPSA) is 62.5 Å². The lowest BCUT2D eigenvalue weighted by atomic mass is 9.97. The van der Waals surface area contributed by atoms with E-state index in [9.17, 15) is 5.26 Å². The average Bonchev–Trinajstić information content (AvgIpc) is 3.22. The molecule has 8 rings (SSSR count). The molecule has 0 saturated carbocycles. The first-order valence-corrected chi connectivity index (χ1v) is 18.1. The molecule has 0 saturated heterocycles. The van der Waals surface area contributed by atoms with Crippen molar-refractivity contribution in [3.8, 4) is 62.5 Å². The van der Waals surface area contributed by atoms with Crippen LogP contribution in [0.3, 0.4) is 0 Å². The Balaban J connectivity index is 1.30. The van der Waals surface area contributed by atoms with E-state index in [1.807, 2.05) is 78.9 Å². The molecule has 0 radical (unpaired) electrons. The highest BCUT2D eigenvalue weighted by atomic mass is 31.1. The zero-order chi connectivity index (χ0) is 34.4. The van der Waals surface area contributed by atoms with Crippen LogP contribution in [0.4, 0.5) is 0 Å². The molecule has 8 aromatic rings. The van der Waals surface area contributed by atoms with Crippen molar-refractivity contribution >= 4 is 23.8 Å². The minimum absolute atomic E-state index is 0.610. The highest BCUT2D eigenvalue weighted by molar-refractivity contribution is 7.79. The monoisotopic (exact) mass is 670 g/mol. The molecule has 0 N–H and O–H groups in total. The van der Waals surface area contributed by atoms with Crippen molar-refractivity contribution in [2.75, 3.05) is 0 Å². The van der Waals surface area contributed by atoms with Crippen LogP contribution in [-0.2, 0) is 0 Å². The van der Waals surface area contributed by atoms with Gasteiger partial charge in [-0.25, -0.2) is 15.0 Å². The van der Waals surface area contributed by atoms with Crippen molar-refractivity contribution in [2.45, 2.75) is 0 Å². The molecule has 1 aromatic heterocycles. The van der Waals surface area contributed by atoms with Gasteiger partial charge in [0, 0.05) is 16.7 Å². The third kappa shape index (κ3) is 6.98. The molecular weight excluding hydrogens is 640 g/mol. The predicted octanol–water partition coefficient (Wildman–Crippen LogP) is 9.84. The Labute approximate surface area is 299 Å². The van der Waals surface area contributed by atoms with Gasteiger partial charge in [0.2, 0.25) is 0 Å². The largest absolute Gasteiger partial charge is 0.208 e. The van der Waals surface area contributed by atoms with Gasteiger partial charge in [-0.1, -0.05) is 152 Å². The van der Waals surface area contributed by atoms with Gasteiger partial charge < -0.3 is 0 Å². The molecular formula is C46H31N4P. The second kappa shape index (κ2) is 14.5. The lowest BCUT2D eigenvalue weighted by Crippen LogP contribution is -2.20. The first-order chi connectivity index (χ1) is 25.2. The number of rotatable bonds is 8. The summed E-state index contributed by atoms with van der Waals surface area (Å²) >= 11 is 0. The summed E-state index contributed by atoms with van der Waals surface area (Å²) in [6, 6.07) is 67.0. The first kappa shape index (κ1) is 31.7. The van der Waals surface area contributed by atoms with E-state index in [4.69, 9.17) is 15.0 Å². The molecule has 51 heavy (non-hydrogen) atoms. The Morgan fingerprint density at radius 1 is 0.333 bits per heavy atom. The molecule has 7 aromatic carbocycles. The molecule has 0 aliphatic rings. The smallest absolute Gasteiger partial charge is 0.164 e. The summed E-state index contributed by atoms with van der Waals surface area (Å²) in [6.45, 7) is 0. The molecule has 1 heterocycles. The second-order valence-electron chi connectivity index (χ2n) is 12.1. The van der Waals surface area contributed by atoms with Crippen LogP contribution in [-0.4, -0.2) is 15.0 Å². The number of aromatic nitrogens is 3. The Bertz CT molecular complexity index is 2380. The van der Waals surface area contributed by atoms with Gasteiger partial charge in [-0.15, -0.1) is 0 Å². The molecule has 0 aliphatic heterocycles. The van der Waals surface area contributed by atoms with Crippen LogP contribution >= 0.6 is 7.92 Å². The first-order valence-electron chi connectivity index (χ1n) is 16.8. The summed E-state index contributed by atoms with van der Waals surface area (Å²) in [5.41, 5.74) is 7.58. The molecule has 5 heteroatoms. The Morgan fingerprint density at radius 2 is 0.725 bits per heavy atom. The fraction of sp³-hybridized carbons (Fsp3) is 0. The molecule has 4 nitrogen and oxygen atoms in total. The van der Waals surface area contributed by atoms with E-state index < -0.39 is 7.92 Å². The quantitative estimate of drug-likeness (QED) is 0.151. The number of nitriles is 1. The van der Waals surface area contributed by atoms with Crippen molar-refractivity contribution in [3.63, 3.8) is 0 Å². The van der Waals surface area contributed by atoms with Crippen molar-refractivity contribution in [3.05, 3.63) is 194 Å². The van der Waals surface area contributed by atoms with Crippen LogP contribution in [0.2, 0.25) is 0 Å². The number of hydrogen-bond donors (Lipinski definition) is 0. The van der Waals surface area contributed by atoms with E-state index in [0.717, 1.165) is 38.9 Å². The van der Waals surface area contributed by atoms with E-state index >= 15 is 0 Å². The third-order valence-corrected chi connectivity index (χ3v) is 11.1. The van der Waals surface area contributed by atoms with Crippen LogP contribution < -0.4 is 15.9 Å². The van der Waals surface area contributed by atoms with Crippen LogP contribution in [0, 0.1) is 11.3 Å². The maximum atomic E-state index is 9.74. The maximum Gasteiger partial charge on any atom is 0.164 e. The lowest BCUT2D eigenvalue weighted by molar-refractivity contribution is 1.07. The van der Waals surface area contributed by atoms with E-state index in [2.05, 4.69) is 115 Å². The normalized spacial score (nSPS) is 10.9. The fourth-order valence-corrected chi connectivity index (χ4v) is 8.59. The van der Waals surface area contributed by atoms with Gasteiger partial charge in [0.05, 0.1) is 11.6 Å². The summed E-state index contributed by atoms with van der Waals surface area (Å²) in [5, 5.41) is 13.5. The van der Waals surface area contributed by atoms with Crippen LogP contribution in [0.1, 0.15) is 5.56 Å². The SMILES string of the molecule is N#Cc1cccc(-c2cc(-c3cccc(-c4nc(-c5ccccc5)nc(-c5ccccc5)n4)c3)cc(P(c3ccccc3)c3ccccc3)c2)c1. The van der Waals surface area contributed by atoms with Gasteiger partial charge in [-0.3, -0.25) is 0 Å². The Morgan fingerprint density at radius 3 is 1.24 bits per heavy atom. The van der Waals surface area contributed by atoms with Crippen molar-refractivity contribution < 1.29 is 0 Å². The minimum atomic E-state index is -0.880. The maximum absolute atomic E-state index is 9.74. The molecule has 240 valence electrons. The minimum Gasteiger partial charge on any atom is -0.208 e. The van der Waals surface area contributed by atoms with E-state index in [1.165, 1.54) is 15.9 Å². The fourth-order valence-electron chi connectivity index (χ4n) is 6.22. The summed E-state index contributed by atoms with van der Waals surface area (Å²) in [4.78, 5) is 14.9. The highest BCUT2D eigenvalue weighted by Crippen LogP contribution is 2.37. The number of benzene rings is 7. The Kier molecular flexibility index (Phi) is 9.03. The highest BCUT2D eigenvalue weighted by Gasteiger charge is 2.19. The van der Waals surface area contributed by atoms with E-state index in [1.54, 1.807) is 0 Å². The molecule has 0 fully saturated rings. The second-order valence-corrected chi connectivity index (χ2v) is 14.3. The van der Waals surface area contributed by atoms with Gasteiger partial charge in [-0.05, 0) is 82.5 Å². The molecule has 0 bridgehead atoms. The number of nitrogens with zero attached hydrogens (tertiary/aromatic N) is 4. The van der Waals surface area contributed by atoms with E-state index in [-0.39, 0.29) is 0 Å². The average molecular weight is 671 g/mol. The molecule has 0 aliphatic carbocycles. The van der Waals surface area contributed by atoms with E-state index in [0.29, 0.717) is 23.0 Å². The van der Waals surface area contributed by atoms with Crippen molar-refractivity contribution in [1.29, 1.82) is 5.26 Å². The summed E-state index contributed by atoms with van der Waals surface area (Å²) < 4.78 is 0. The third-order valence-electron chi connectivity index (χ3n) is 8.68. The van der Waals surface area contributed by atoms with Gasteiger partial charge >= 0.3 is 0 Å². The molecule has 0 spiro atoms. The summed E-state index contributed by atoms with van der Waals surface area (Å²) in [6.07, 6.45) is 0. The van der Waals surface area contributed by atoms with Gasteiger partial charge in [0.1, 0.15) is 0 Å². The van der Waals surface area contributed by atoms with Gasteiger partial charge in [0.15, 0.2) is 17.5 Å². The predicted molar refractivity (Wildman–Crippen MR) is 210 cm³/mol. The zero-order valence-corrected chi connectivity index (χ0v) is 28.5. The van der Waals surface area contributed by atoms with Crippen molar-refractivity contribution in [1.82, 2.24) is 15.0 Å². The van der Waals surface area contributed by atoms with Crippen LogP contribution in [0.15, 0.2) is 188 Å². The van der Waals surface area contributed by atoms with Crippen LogP contribution in [0.5, 0.6) is 0 Å². The van der Waals surface area contributed by atoms with Gasteiger partial charge in [0.25, 0.3) is 0 Å². The molecule has 0 unspecified atom stereocenters. The van der Waals surface area contributed by atoms with Crippen LogP contribution in [0.25, 0.3) is 56.4 Å². The molecule has 0 amide bonds.